The monoisotopic (exact) mass is 412 g/mol. The van der Waals surface area contributed by atoms with Crippen LogP contribution >= 0.6 is 11.8 Å². The Balaban J connectivity index is 1.60. The molecule has 3 aromatic rings. The van der Waals surface area contributed by atoms with Crippen molar-refractivity contribution < 1.29 is 18.8 Å². The first-order chi connectivity index (χ1) is 13.8. The molecule has 0 amide bonds. The second kappa shape index (κ2) is 8.69. The van der Waals surface area contributed by atoms with Crippen LogP contribution in [-0.2, 0) is 9.53 Å². The summed E-state index contributed by atoms with van der Waals surface area (Å²) in [7, 11) is 0. The van der Waals surface area contributed by atoms with Gasteiger partial charge >= 0.3 is 5.97 Å². The van der Waals surface area contributed by atoms with E-state index in [9.17, 15) is 9.59 Å². The molecule has 0 radical (unpaired) electrons. The zero-order chi connectivity index (χ0) is 21.1. The largest absolute Gasteiger partial charge is 0.457 e. The van der Waals surface area contributed by atoms with Gasteiger partial charge in [0.05, 0.1) is 5.75 Å². The SMILES string of the molecule is Cc1ccc(SCC(=O)OCC(=O)c2cc(C)n(-c3cc(C)on3)c2C)c(C)c1. The fourth-order valence-electron chi connectivity index (χ4n) is 3.22. The molecule has 0 saturated heterocycles. The molecule has 0 aliphatic carbocycles. The number of esters is 1. The number of carbonyl (C=O) groups excluding carboxylic acids is 2. The van der Waals surface area contributed by atoms with E-state index >= 15 is 0 Å². The quantitative estimate of drug-likeness (QED) is 0.323. The van der Waals surface area contributed by atoms with Crippen LogP contribution < -0.4 is 0 Å². The number of hydrogen-bond acceptors (Lipinski definition) is 6. The van der Waals surface area contributed by atoms with Crippen LogP contribution in [0, 0.1) is 34.6 Å². The van der Waals surface area contributed by atoms with Gasteiger partial charge in [-0.3, -0.25) is 14.2 Å². The maximum atomic E-state index is 12.6. The van der Waals surface area contributed by atoms with Crippen molar-refractivity contribution >= 4 is 23.5 Å². The molecule has 0 atom stereocenters. The number of carbonyl (C=O) groups is 2. The predicted molar refractivity (Wildman–Crippen MR) is 112 cm³/mol. The summed E-state index contributed by atoms with van der Waals surface area (Å²) in [5, 5.41) is 4.01. The zero-order valence-corrected chi connectivity index (χ0v) is 18.1. The minimum Gasteiger partial charge on any atom is -0.457 e. The van der Waals surface area contributed by atoms with E-state index < -0.39 is 5.97 Å². The average molecular weight is 413 g/mol. The third-order valence-corrected chi connectivity index (χ3v) is 5.77. The van der Waals surface area contributed by atoms with Gasteiger partial charge in [0, 0.05) is 27.9 Å². The minimum atomic E-state index is -0.413. The highest BCUT2D eigenvalue weighted by Gasteiger charge is 2.19. The van der Waals surface area contributed by atoms with E-state index in [1.165, 1.54) is 17.3 Å². The predicted octanol–water partition coefficient (Wildman–Crippen LogP) is 4.53. The molecule has 0 N–H and O–H groups in total. The Hall–Kier alpha value is -2.80. The number of ether oxygens (including phenoxy) is 1. The Morgan fingerprint density at radius 2 is 1.86 bits per heavy atom. The molecule has 1 aromatic carbocycles. The molecule has 152 valence electrons. The number of aromatic nitrogens is 2. The van der Waals surface area contributed by atoms with Crippen molar-refractivity contribution in [3.05, 3.63) is 64.2 Å². The molecular weight excluding hydrogens is 388 g/mol. The van der Waals surface area contributed by atoms with Crippen LogP contribution in [0.15, 0.2) is 39.8 Å². The van der Waals surface area contributed by atoms with Crippen molar-refractivity contribution in [1.82, 2.24) is 9.72 Å². The van der Waals surface area contributed by atoms with Crippen LogP contribution in [0.4, 0.5) is 0 Å². The average Bonchev–Trinajstić information content (AvgIpc) is 3.21. The lowest BCUT2D eigenvalue weighted by Crippen LogP contribution is -2.16. The Morgan fingerprint density at radius 3 is 2.52 bits per heavy atom. The number of benzene rings is 1. The van der Waals surface area contributed by atoms with Gasteiger partial charge in [-0.25, -0.2) is 0 Å². The molecule has 2 aromatic heterocycles. The number of thioether (sulfide) groups is 1. The Bertz CT molecular complexity index is 1060. The van der Waals surface area contributed by atoms with Crippen LogP contribution in [0.1, 0.15) is 38.6 Å². The van der Waals surface area contributed by atoms with E-state index in [0.29, 0.717) is 17.1 Å². The summed E-state index contributed by atoms with van der Waals surface area (Å²) in [6.45, 7) is 9.29. The van der Waals surface area contributed by atoms with Gasteiger partial charge in [0.15, 0.2) is 12.4 Å². The first kappa shape index (κ1) is 20.9. The van der Waals surface area contributed by atoms with Gasteiger partial charge < -0.3 is 9.26 Å². The molecule has 6 nitrogen and oxygen atoms in total. The van der Waals surface area contributed by atoms with Crippen molar-refractivity contribution in [1.29, 1.82) is 0 Å². The van der Waals surface area contributed by atoms with Crippen molar-refractivity contribution in [2.75, 3.05) is 12.4 Å². The molecule has 0 unspecified atom stereocenters. The first-order valence-electron chi connectivity index (χ1n) is 9.27. The van der Waals surface area contributed by atoms with Gasteiger partial charge in [0.2, 0.25) is 5.78 Å². The topological polar surface area (TPSA) is 74.3 Å². The number of ketones is 1. The second-order valence-electron chi connectivity index (χ2n) is 7.06. The lowest BCUT2D eigenvalue weighted by molar-refractivity contribution is -0.139. The standard InChI is InChI=1S/C22H24N2O4S/c1-13-6-7-20(14(2)8-13)29-12-22(26)27-11-19(25)18-9-15(3)24(17(18)5)21-10-16(4)28-23-21/h6-10H,11-12H2,1-5H3. The first-order valence-corrected chi connectivity index (χ1v) is 10.3. The van der Waals surface area contributed by atoms with Gasteiger partial charge in [-0.05, 0) is 52.3 Å². The molecule has 7 heteroatoms. The summed E-state index contributed by atoms with van der Waals surface area (Å²) >= 11 is 1.41. The van der Waals surface area contributed by atoms with Crippen LogP contribution in [0.5, 0.6) is 0 Å². The molecule has 0 bridgehead atoms. The molecule has 2 heterocycles. The highest BCUT2D eigenvalue weighted by molar-refractivity contribution is 8.00. The summed E-state index contributed by atoms with van der Waals surface area (Å²) < 4.78 is 12.2. The van der Waals surface area contributed by atoms with E-state index in [-0.39, 0.29) is 18.1 Å². The van der Waals surface area contributed by atoms with Gasteiger partial charge in [-0.1, -0.05) is 22.9 Å². The van der Waals surface area contributed by atoms with Gasteiger partial charge in [-0.15, -0.1) is 11.8 Å². The molecule has 0 fully saturated rings. The number of Topliss-reactive ketones (excluding diaryl/α,β-unsaturated/α-hetero) is 1. The Morgan fingerprint density at radius 1 is 1.10 bits per heavy atom. The fraction of sp³-hybridized carbons (Fsp3) is 0.318. The maximum Gasteiger partial charge on any atom is 0.316 e. The number of nitrogens with zero attached hydrogens (tertiary/aromatic N) is 2. The molecule has 0 spiro atoms. The number of aryl methyl sites for hydroxylation is 4. The van der Waals surface area contributed by atoms with E-state index in [4.69, 9.17) is 9.26 Å². The van der Waals surface area contributed by atoms with Crippen LogP contribution in [0.3, 0.4) is 0 Å². The van der Waals surface area contributed by atoms with E-state index in [1.807, 2.05) is 51.3 Å². The maximum absolute atomic E-state index is 12.6. The highest BCUT2D eigenvalue weighted by atomic mass is 32.2. The number of rotatable bonds is 7. The molecule has 3 rings (SSSR count). The third-order valence-electron chi connectivity index (χ3n) is 4.62. The van der Waals surface area contributed by atoms with Gasteiger partial charge in [0.25, 0.3) is 0 Å². The molecule has 0 aliphatic heterocycles. The van der Waals surface area contributed by atoms with Crippen molar-refractivity contribution in [2.24, 2.45) is 0 Å². The summed E-state index contributed by atoms with van der Waals surface area (Å²) in [6, 6.07) is 9.66. The Kier molecular flexibility index (Phi) is 6.27. The smallest absolute Gasteiger partial charge is 0.316 e. The van der Waals surface area contributed by atoms with Crippen LogP contribution in [0.25, 0.3) is 5.82 Å². The number of hydrogen-bond donors (Lipinski definition) is 0. The molecule has 0 aliphatic rings. The van der Waals surface area contributed by atoms with E-state index in [2.05, 4.69) is 11.2 Å². The van der Waals surface area contributed by atoms with Gasteiger partial charge in [0.1, 0.15) is 5.76 Å². The fourth-order valence-corrected chi connectivity index (χ4v) is 4.03. The Labute approximate surface area is 174 Å². The lowest BCUT2D eigenvalue weighted by Gasteiger charge is -2.07. The summed E-state index contributed by atoms with van der Waals surface area (Å²) in [6.07, 6.45) is 0. The highest BCUT2D eigenvalue weighted by Crippen LogP contribution is 2.24. The molecule has 29 heavy (non-hydrogen) atoms. The van der Waals surface area contributed by atoms with Crippen molar-refractivity contribution in [2.45, 2.75) is 39.5 Å². The molecule has 0 saturated carbocycles. The summed E-state index contributed by atoms with van der Waals surface area (Å²) in [5.74, 6) is 0.821. The zero-order valence-electron chi connectivity index (χ0n) is 17.2. The van der Waals surface area contributed by atoms with Crippen molar-refractivity contribution in [3.8, 4) is 5.82 Å². The lowest BCUT2D eigenvalue weighted by atomic mass is 10.1. The van der Waals surface area contributed by atoms with Crippen LogP contribution in [0.2, 0.25) is 0 Å². The normalized spacial score (nSPS) is 10.9. The van der Waals surface area contributed by atoms with Crippen LogP contribution in [-0.4, -0.2) is 33.8 Å². The van der Waals surface area contributed by atoms with E-state index in [1.54, 1.807) is 12.1 Å². The third kappa shape index (κ3) is 4.79. The van der Waals surface area contributed by atoms with Gasteiger partial charge in [-0.2, -0.15) is 0 Å². The van der Waals surface area contributed by atoms with Crippen molar-refractivity contribution in [3.63, 3.8) is 0 Å². The van der Waals surface area contributed by atoms with E-state index in [0.717, 1.165) is 21.8 Å². The minimum absolute atomic E-state index is 0.161. The summed E-state index contributed by atoms with van der Waals surface area (Å²) in [4.78, 5) is 25.7. The summed E-state index contributed by atoms with van der Waals surface area (Å²) in [5.41, 5.74) is 4.41. The molecular formula is C22H24N2O4S. The second-order valence-corrected chi connectivity index (χ2v) is 8.07.